The second-order valence-electron chi connectivity index (χ2n) is 7.94. The molecule has 3 aromatic carbocycles. The van der Waals surface area contributed by atoms with Crippen molar-refractivity contribution in [2.24, 2.45) is 0 Å². The molecular formula is C26H26ClN3O2. The number of amides is 1. The van der Waals surface area contributed by atoms with E-state index < -0.39 is 0 Å². The Morgan fingerprint density at radius 2 is 1.78 bits per heavy atom. The number of carbonyl (C=O) groups excluding carboxylic acids is 1. The first kappa shape index (κ1) is 21.9. The molecule has 0 radical (unpaired) electrons. The Labute approximate surface area is 193 Å². The van der Waals surface area contributed by atoms with Crippen molar-refractivity contribution in [3.05, 3.63) is 93.8 Å². The van der Waals surface area contributed by atoms with Gasteiger partial charge in [-0.25, -0.2) is 4.98 Å². The van der Waals surface area contributed by atoms with E-state index in [1.54, 1.807) is 0 Å². The first-order valence-electron chi connectivity index (χ1n) is 10.6. The molecule has 32 heavy (non-hydrogen) atoms. The number of aromatic nitrogens is 2. The van der Waals surface area contributed by atoms with Gasteiger partial charge in [0, 0.05) is 10.6 Å². The summed E-state index contributed by atoms with van der Waals surface area (Å²) in [6.45, 7) is 7.33. The van der Waals surface area contributed by atoms with E-state index in [1.807, 2.05) is 81.4 Å². The van der Waals surface area contributed by atoms with Crippen molar-refractivity contribution in [1.82, 2.24) is 14.9 Å². The second-order valence-corrected chi connectivity index (χ2v) is 8.32. The van der Waals surface area contributed by atoms with E-state index in [2.05, 4.69) is 9.88 Å². The van der Waals surface area contributed by atoms with E-state index >= 15 is 0 Å². The number of ether oxygens (including phenoxy) is 1. The highest BCUT2D eigenvalue weighted by Gasteiger charge is 2.13. The summed E-state index contributed by atoms with van der Waals surface area (Å²) in [5, 5.41) is 3.76. The Bertz CT molecular complexity index is 1260. The minimum Gasteiger partial charge on any atom is -0.492 e. The monoisotopic (exact) mass is 447 g/mol. The molecule has 0 fully saturated rings. The number of rotatable bonds is 7. The summed E-state index contributed by atoms with van der Waals surface area (Å²) in [6.07, 6.45) is 0. The fraction of sp³-hybridized carbons (Fsp3) is 0.231. The number of halogens is 1. The zero-order chi connectivity index (χ0) is 22.7. The standard InChI is InChI=1S/C26H26ClN3O2/c1-17-7-6-8-20(13-17)26(31)28-16-24-29-22-9-4-5-10-23(22)30(24)11-12-32-21-14-18(2)25(27)19(3)15-21/h4-10,13-15H,11-12,16H2,1-3H3,(H,28,31). The highest BCUT2D eigenvalue weighted by Crippen LogP contribution is 2.26. The van der Waals surface area contributed by atoms with Gasteiger partial charge in [-0.05, 0) is 68.3 Å². The van der Waals surface area contributed by atoms with Gasteiger partial charge >= 0.3 is 0 Å². The molecule has 0 aliphatic rings. The molecule has 164 valence electrons. The van der Waals surface area contributed by atoms with E-state index in [9.17, 15) is 4.79 Å². The molecule has 5 nitrogen and oxygen atoms in total. The number of nitrogens with zero attached hydrogens (tertiary/aromatic N) is 2. The largest absolute Gasteiger partial charge is 0.492 e. The van der Waals surface area contributed by atoms with Gasteiger partial charge in [-0.15, -0.1) is 0 Å². The van der Waals surface area contributed by atoms with Crippen molar-refractivity contribution in [2.75, 3.05) is 6.61 Å². The zero-order valence-corrected chi connectivity index (χ0v) is 19.2. The molecular weight excluding hydrogens is 422 g/mol. The molecule has 0 unspecified atom stereocenters. The number of fused-ring (bicyclic) bond motifs is 1. The van der Waals surface area contributed by atoms with Crippen molar-refractivity contribution < 1.29 is 9.53 Å². The molecule has 0 bridgehead atoms. The van der Waals surface area contributed by atoms with Crippen LogP contribution in [0.1, 0.15) is 32.9 Å². The first-order chi connectivity index (χ1) is 15.4. The van der Waals surface area contributed by atoms with Crippen LogP contribution >= 0.6 is 11.6 Å². The molecule has 0 atom stereocenters. The SMILES string of the molecule is Cc1cccc(C(=O)NCc2nc3ccccc3n2CCOc2cc(C)c(Cl)c(C)c2)c1. The normalized spacial score (nSPS) is 11.0. The Balaban J connectivity index is 1.49. The lowest BCUT2D eigenvalue weighted by molar-refractivity contribution is 0.0949. The summed E-state index contributed by atoms with van der Waals surface area (Å²) in [5.74, 6) is 1.47. The van der Waals surface area contributed by atoms with Crippen molar-refractivity contribution >= 4 is 28.5 Å². The van der Waals surface area contributed by atoms with Crippen LogP contribution in [-0.4, -0.2) is 22.1 Å². The quantitative estimate of drug-likeness (QED) is 0.399. The predicted molar refractivity (Wildman–Crippen MR) is 129 cm³/mol. The minimum atomic E-state index is -0.115. The third-order valence-corrected chi connectivity index (χ3v) is 6.01. The van der Waals surface area contributed by atoms with Crippen LogP contribution in [0.25, 0.3) is 11.0 Å². The predicted octanol–water partition coefficient (Wildman–Crippen LogP) is 5.62. The fourth-order valence-electron chi connectivity index (χ4n) is 3.80. The maximum Gasteiger partial charge on any atom is 0.251 e. The van der Waals surface area contributed by atoms with E-state index in [0.29, 0.717) is 25.3 Å². The molecule has 4 rings (SSSR count). The molecule has 0 aliphatic carbocycles. The van der Waals surface area contributed by atoms with Gasteiger partial charge in [0.25, 0.3) is 5.91 Å². The van der Waals surface area contributed by atoms with Crippen molar-refractivity contribution in [3.8, 4) is 5.75 Å². The highest BCUT2D eigenvalue weighted by molar-refractivity contribution is 6.32. The van der Waals surface area contributed by atoms with Crippen molar-refractivity contribution in [2.45, 2.75) is 33.9 Å². The molecule has 1 aromatic heterocycles. The number of imidazole rings is 1. The lowest BCUT2D eigenvalue weighted by Gasteiger charge is -2.13. The summed E-state index contributed by atoms with van der Waals surface area (Å²) < 4.78 is 8.11. The maximum atomic E-state index is 12.6. The Kier molecular flexibility index (Phi) is 6.47. The van der Waals surface area contributed by atoms with Gasteiger partial charge in [0.05, 0.1) is 24.1 Å². The van der Waals surface area contributed by atoms with Crippen LogP contribution in [0.5, 0.6) is 5.75 Å². The van der Waals surface area contributed by atoms with Gasteiger partial charge in [0.15, 0.2) is 0 Å². The average Bonchev–Trinajstić information content (AvgIpc) is 3.13. The third-order valence-electron chi connectivity index (χ3n) is 5.41. The van der Waals surface area contributed by atoms with Gasteiger partial charge in [0.2, 0.25) is 0 Å². The number of hydrogen-bond donors (Lipinski definition) is 1. The number of aryl methyl sites for hydroxylation is 3. The van der Waals surface area contributed by atoms with Crippen LogP contribution in [0.4, 0.5) is 0 Å². The summed E-state index contributed by atoms with van der Waals surface area (Å²) >= 11 is 6.26. The van der Waals surface area contributed by atoms with Crippen LogP contribution in [0.2, 0.25) is 5.02 Å². The minimum absolute atomic E-state index is 0.115. The number of benzene rings is 3. The Hall–Kier alpha value is -3.31. The molecule has 0 saturated heterocycles. The van der Waals surface area contributed by atoms with Gasteiger partial charge in [0.1, 0.15) is 18.2 Å². The lowest BCUT2D eigenvalue weighted by Crippen LogP contribution is -2.25. The van der Waals surface area contributed by atoms with Crippen LogP contribution in [0, 0.1) is 20.8 Å². The second kappa shape index (κ2) is 9.45. The molecule has 6 heteroatoms. The van der Waals surface area contributed by atoms with Gasteiger partial charge in [-0.3, -0.25) is 4.79 Å². The smallest absolute Gasteiger partial charge is 0.251 e. The highest BCUT2D eigenvalue weighted by atomic mass is 35.5. The van der Waals surface area contributed by atoms with E-state index in [0.717, 1.165) is 44.3 Å². The van der Waals surface area contributed by atoms with Crippen LogP contribution < -0.4 is 10.1 Å². The van der Waals surface area contributed by atoms with E-state index in [1.165, 1.54) is 0 Å². The number of para-hydroxylation sites is 2. The van der Waals surface area contributed by atoms with E-state index in [-0.39, 0.29) is 5.91 Å². The third kappa shape index (κ3) is 4.78. The summed E-state index contributed by atoms with van der Waals surface area (Å²) in [5.41, 5.74) is 5.59. The number of hydrogen-bond acceptors (Lipinski definition) is 3. The van der Waals surface area contributed by atoms with Crippen LogP contribution in [-0.2, 0) is 13.1 Å². The summed E-state index contributed by atoms with van der Waals surface area (Å²) in [4.78, 5) is 17.3. The number of nitrogens with one attached hydrogen (secondary N) is 1. The van der Waals surface area contributed by atoms with Gasteiger partial charge in [-0.1, -0.05) is 41.4 Å². The van der Waals surface area contributed by atoms with Crippen LogP contribution in [0.3, 0.4) is 0 Å². The van der Waals surface area contributed by atoms with Crippen molar-refractivity contribution in [1.29, 1.82) is 0 Å². The molecule has 1 N–H and O–H groups in total. The fourth-order valence-corrected chi connectivity index (χ4v) is 3.91. The van der Waals surface area contributed by atoms with Gasteiger partial charge in [-0.2, -0.15) is 0 Å². The van der Waals surface area contributed by atoms with Crippen LogP contribution in [0.15, 0.2) is 60.7 Å². The zero-order valence-electron chi connectivity index (χ0n) is 18.5. The topological polar surface area (TPSA) is 56.2 Å². The molecule has 0 spiro atoms. The first-order valence-corrected chi connectivity index (χ1v) is 11.0. The summed E-state index contributed by atoms with van der Waals surface area (Å²) in [7, 11) is 0. The lowest BCUT2D eigenvalue weighted by atomic mass is 10.1. The molecule has 1 heterocycles. The Morgan fingerprint density at radius 3 is 2.53 bits per heavy atom. The number of carbonyl (C=O) groups is 1. The summed E-state index contributed by atoms with van der Waals surface area (Å²) in [6, 6.07) is 19.4. The maximum absolute atomic E-state index is 12.6. The average molecular weight is 448 g/mol. The van der Waals surface area contributed by atoms with E-state index in [4.69, 9.17) is 21.3 Å². The van der Waals surface area contributed by atoms with Crippen molar-refractivity contribution in [3.63, 3.8) is 0 Å². The molecule has 4 aromatic rings. The molecule has 0 aliphatic heterocycles. The van der Waals surface area contributed by atoms with Gasteiger partial charge < -0.3 is 14.6 Å². The molecule has 0 saturated carbocycles. The molecule has 1 amide bonds. The Morgan fingerprint density at radius 1 is 1.03 bits per heavy atom.